The van der Waals surface area contributed by atoms with Gasteiger partial charge in [0.1, 0.15) is 11.4 Å². The van der Waals surface area contributed by atoms with E-state index < -0.39 is 0 Å². The minimum atomic E-state index is -0.178. The van der Waals surface area contributed by atoms with Crippen molar-refractivity contribution in [3.05, 3.63) is 61.1 Å². The number of hydrogen-bond acceptors (Lipinski definition) is 8. The molecule has 152 valence electrons. The van der Waals surface area contributed by atoms with Crippen molar-refractivity contribution in [1.82, 2.24) is 15.2 Å². The van der Waals surface area contributed by atoms with Gasteiger partial charge in [0.25, 0.3) is 0 Å². The highest BCUT2D eigenvalue weighted by Gasteiger charge is 2.18. The van der Waals surface area contributed by atoms with Crippen LogP contribution in [0.4, 0.5) is 5.69 Å². The van der Waals surface area contributed by atoms with E-state index in [2.05, 4.69) is 20.5 Å². The van der Waals surface area contributed by atoms with Gasteiger partial charge < -0.3 is 18.9 Å². The number of anilines is 1. The van der Waals surface area contributed by atoms with E-state index in [4.69, 9.17) is 13.6 Å². The second-order valence-corrected chi connectivity index (χ2v) is 6.98. The molecule has 1 amide bonds. The molecular weight excluding hydrogens is 404 g/mol. The minimum Gasteiger partial charge on any atom is -0.494 e. The maximum absolute atomic E-state index is 12.3. The van der Waals surface area contributed by atoms with Crippen molar-refractivity contribution in [2.24, 2.45) is 0 Å². The summed E-state index contributed by atoms with van der Waals surface area (Å²) in [6.45, 7) is 2.51. The van der Waals surface area contributed by atoms with Gasteiger partial charge in [-0.25, -0.2) is 4.98 Å². The number of rotatable bonds is 8. The van der Waals surface area contributed by atoms with Gasteiger partial charge in [-0.1, -0.05) is 11.8 Å². The van der Waals surface area contributed by atoms with Crippen LogP contribution in [-0.4, -0.2) is 33.4 Å². The van der Waals surface area contributed by atoms with Crippen molar-refractivity contribution in [1.29, 1.82) is 0 Å². The molecule has 8 nitrogen and oxygen atoms in total. The standard InChI is InChI=1S/C21H18N4O4S/c1-2-27-15-9-7-14(8-10-15)22-18(26)13-30-21-23-19(16-5-3-11-28-16)20(24-25-21)17-6-4-12-29-17/h3-12H,2,13H2,1H3,(H,22,26). The van der Waals surface area contributed by atoms with Crippen LogP contribution >= 0.6 is 11.8 Å². The number of hydrogen-bond donors (Lipinski definition) is 1. The normalized spacial score (nSPS) is 10.7. The maximum atomic E-state index is 12.3. The summed E-state index contributed by atoms with van der Waals surface area (Å²) >= 11 is 1.18. The van der Waals surface area contributed by atoms with Gasteiger partial charge in [0.2, 0.25) is 11.1 Å². The molecule has 0 aliphatic rings. The molecule has 0 fully saturated rings. The van der Waals surface area contributed by atoms with Crippen molar-refractivity contribution >= 4 is 23.4 Å². The van der Waals surface area contributed by atoms with Gasteiger partial charge in [0.05, 0.1) is 24.9 Å². The summed E-state index contributed by atoms with van der Waals surface area (Å²) in [7, 11) is 0. The van der Waals surface area contributed by atoms with E-state index in [0.717, 1.165) is 5.75 Å². The lowest BCUT2D eigenvalue weighted by atomic mass is 10.2. The number of ether oxygens (including phenoxy) is 1. The molecule has 0 aliphatic carbocycles. The minimum absolute atomic E-state index is 0.132. The van der Waals surface area contributed by atoms with Crippen molar-refractivity contribution < 1.29 is 18.4 Å². The van der Waals surface area contributed by atoms with Crippen molar-refractivity contribution in [3.8, 4) is 28.7 Å². The number of nitrogens with zero attached hydrogens (tertiary/aromatic N) is 3. The Bertz CT molecular complexity index is 1100. The third-order valence-electron chi connectivity index (χ3n) is 3.96. The van der Waals surface area contributed by atoms with Crippen LogP contribution in [0.25, 0.3) is 22.9 Å². The lowest BCUT2D eigenvalue weighted by Crippen LogP contribution is -2.14. The van der Waals surface area contributed by atoms with Crippen molar-refractivity contribution in [3.63, 3.8) is 0 Å². The molecule has 4 rings (SSSR count). The Morgan fingerprint density at radius 1 is 1.00 bits per heavy atom. The molecule has 1 N–H and O–H groups in total. The first-order valence-corrected chi connectivity index (χ1v) is 10.2. The van der Waals surface area contributed by atoms with Crippen LogP contribution in [0, 0.1) is 0 Å². The van der Waals surface area contributed by atoms with Gasteiger partial charge in [-0.2, -0.15) is 0 Å². The highest BCUT2D eigenvalue weighted by atomic mass is 32.2. The quantitative estimate of drug-likeness (QED) is 0.413. The number of carbonyl (C=O) groups is 1. The molecule has 0 radical (unpaired) electrons. The topological polar surface area (TPSA) is 103 Å². The van der Waals surface area contributed by atoms with Crippen molar-refractivity contribution in [2.75, 3.05) is 17.7 Å². The maximum Gasteiger partial charge on any atom is 0.234 e. The number of nitrogens with one attached hydrogen (secondary N) is 1. The largest absolute Gasteiger partial charge is 0.494 e. The van der Waals surface area contributed by atoms with Crippen LogP contribution in [0.5, 0.6) is 5.75 Å². The lowest BCUT2D eigenvalue weighted by Gasteiger charge is -2.07. The SMILES string of the molecule is CCOc1ccc(NC(=O)CSc2nnc(-c3ccco3)c(-c3ccco3)n2)cc1. The van der Waals surface area contributed by atoms with E-state index in [-0.39, 0.29) is 11.7 Å². The average Bonchev–Trinajstić information content (AvgIpc) is 3.48. The highest BCUT2D eigenvalue weighted by Crippen LogP contribution is 2.30. The van der Waals surface area contributed by atoms with Crippen LogP contribution in [0.1, 0.15) is 6.92 Å². The molecule has 0 unspecified atom stereocenters. The Morgan fingerprint density at radius 3 is 2.33 bits per heavy atom. The summed E-state index contributed by atoms with van der Waals surface area (Å²) in [5.41, 5.74) is 1.66. The number of thioether (sulfide) groups is 1. The zero-order valence-electron chi connectivity index (χ0n) is 16.1. The Hall–Kier alpha value is -3.59. The molecule has 3 aromatic heterocycles. The highest BCUT2D eigenvalue weighted by molar-refractivity contribution is 7.99. The monoisotopic (exact) mass is 422 g/mol. The summed E-state index contributed by atoms with van der Waals surface area (Å²) < 4.78 is 16.3. The van der Waals surface area contributed by atoms with Crippen LogP contribution in [0.3, 0.4) is 0 Å². The Morgan fingerprint density at radius 2 is 1.70 bits per heavy atom. The van der Waals surface area contributed by atoms with E-state index in [1.54, 1.807) is 48.9 Å². The number of carbonyl (C=O) groups excluding carboxylic acids is 1. The van der Waals surface area contributed by atoms with E-state index in [9.17, 15) is 4.79 Å². The lowest BCUT2D eigenvalue weighted by molar-refractivity contribution is -0.113. The molecule has 30 heavy (non-hydrogen) atoms. The molecule has 1 aromatic carbocycles. The second-order valence-electron chi connectivity index (χ2n) is 6.04. The van der Waals surface area contributed by atoms with E-state index >= 15 is 0 Å². The molecule has 4 aromatic rings. The van der Waals surface area contributed by atoms with Gasteiger partial charge in [-0.05, 0) is 55.5 Å². The number of aromatic nitrogens is 3. The van der Waals surface area contributed by atoms with Gasteiger partial charge in [-0.15, -0.1) is 10.2 Å². The van der Waals surface area contributed by atoms with Crippen LogP contribution in [-0.2, 0) is 4.79 Å². The van der Waals surface area contributed by atoms with Crippen LogP contribution < -0.4 is 10.1 Å². The van der Waals surface area contributed by atoms with Gasteiger partial charge in [0.15, 0.2) is 17.2 Å². The predicted octanol–water partition coefficient (Wildman–Crippen LogP) is 4.52. The van der Waals surface area contributed by atoms with Crippen LogP contribution in [0.15, 0.2) is 75.0 Å². The van der Waals surface area contributed by atoms with Gasteiger partial charge in [-0.3, -0.25) is 4.79 Å². The third-order valence-corrected chi connectivity index (χ3v) is 4.80. The predicted molar refractivity (Wildman–Crippen MR) is 112 cm³/mol. The average molecular weight is 422 g/mol. The molecule has 0 atom stereocenters. The molecule has 0 saturated carbocycles. The zero-order valence-corrected chi connectivity index (χ0v) is 16.9. The first-order chi connectivity index (χ1) is 14.7. The third kappa shape index (κ3) is 4.69. The second kappa shape index (κ2) is 9.27. The molecule has 3 heterocycles. The summed E-state index contributed by atoms with van der Waals surface area (Å²) in [4.78, 5) is 16.8. The van der Waals surface area contributed by atoms with Gasteiger partial charge >= 0.3 is 0 Å². The van der Waals surface area contributed by atoms with E-state index in [0.29, 0.717) is 40.4 Å². The smallest absolute Gasteiger partial charge is 0.234 e. The summed E-state index contributed by atoms with van der Waals surface area (Å²) in [5, 5.41) is 11.5. The van der Waals surface area contributed by atoms with E-state index in [1.165, 1.54) is 11.8 Å². The summed E-state index contributed by atoms with van der Waals surface area (Å²) in [6.07, 6.45) is 3.11. The molecular formula is C21H18N4O4S. The zero-order chi connectivity index (χ0) is 20.8. The first-order valence-electron chi connectivity index (χ1n) is 9.21. The Balaban J connectivity index is 1.44. The molecule has 0 spiro atoms. The summed E-state index contributed by atoms with van der Waals surface area (Å²) in [5.74, 6) is 1.78. The van der Waals surface area contributed by atoms with Crippen molar-refractivity contribution in [2.45, 2.75) is 12.1 Å². The first kappa shape index (κ1) is 19.7. The number of amides is 1. The summed E-state index contributed by atoms with van der Waals surface area (Å²) in [6, 6.07) is 14.3. The van der Waals surface area contributed by atoms with E-state index in [1.807, 2.05) is 19.1 Å². The Kier molecular flexibility index (Phi) is 6.09. The van der Waals surface area contributed by atoms with Crippen LogP contribution in [0.2, 0.25) is 0 Å². The molecule has 0 saturated heterocycles. The van der Waals surface area contributed by atoms with Gasteiger partial charge in [0, 0.05) is 5.69 Å². The fourth-order valence-corrected chi connectivity index (χ4v) is 3.25. The number of benzene rings is 1. The fraction of sp³-hybridized carbons (Fsp3) is 0.143. The molecule has 9 heteroatoms. The number of furan rings is 2. The molecule has 0 bridgehead atoms. The molecule has 0 aliphatic heterocycles. The Labute approximate surface area is 176 Å². The fourth-order valence-electron chi connectivity index (χ4n) is 2.66.